The number of unbranched alkanes of at least 4 members (excludes halogenated alkanes) is 1. The van der Waals surface area contributed by atoms with Crippen molar-refractivity contribution in [2.24, 2.45) is 5.92 Å². The van der Waals surface area contributed by atoms with E-state index in [1.807, 2.05) is 13.0 Å². The van der Waals surface area contributed by atoms with E-state index in [0.717, 1.165) is 37.2 Å². The molecule has 0 radical (unpaired) electrons. The Balaban J connectivity index is 1.88. The molecule has 3 nitrogen and oxygen atoms in total. The SMILES string of the molecule is CCCCC1CCC(c2ccc(C(=O)O)c(-c3ccc(CCOCC)c(F)c3F)c2)CC1. The van der Waals surface area contributed by atoms with Crippen molar-refractivity contribution in [3.63, 3.8) is 0 Å². The summed E-state index contributed by atoms with van der Waals surface area (Å²) in [6.45, 7) is 4.88. The summed E-state index contributed by atoms with van der Waals surface area (Å²) in [6, 6.07) is 8.17. The highest BCUT2D eigenvalue weighted by Gasteiger charge is 2.25. The van der Waals surface area contributed by atoms with E-state index in [1.165, 1.54) is 37.5 Å². The average molecular weight is 445 g/mol. The van der Waals surface area contributed by atoms with Crippen molar-refractivity contribution in [2.75, 3.05) is 13.2 Å². The molecule has 1 N–H and O–H groups in total. The molecule has 1 saturated carbocycles. The average Bonchev–Trinajstić information content (AvgIpc) is 2.80. The molecule has 2 aromatic carbocycles. The first kappa shape index (κ1) is 24.4. The molecule has 0 aromatic heterocycles. The molecular formula is C27H34F2O3. The standard InChI is InChI=1S/C27H34F2O3/c1-3-5-6-18-7-9-19(10-8-18)21-12-14-23(27(30)31)24(17-21)22-13-11-20(15-16-32-4-2)25(28)26(22)29/h11-14,17-19H,3-10,15-16H2,1-2H3,(H,30,31). The molecule has 1 fully saturated rings. The van der Waals surface area contributed by atoms with Gasteiger partial charge in [0, 0.05) is 12.2 Å². The Morgan fingerprint density at radius 2 is 1.78 bits per heavy atom. The maximum absolute atomic E-state index is 15.0. The lowest BCUT2D eigenvalue weighted by Crippen LogP contribution is -2.14. The summed E-state index contributed by atoms with van der Waals surface area (Å²) >= 11 is 0. The molecule has 1 aliphatic rings. The number of aromatic carboxylic acids is 1. The molecule has 2 aromatic rings. The highest BCUT2D eigenvalue weighted by Crippen LogP contribution is 2.40. The first-order valence-corrected chi connectivity index (χ1v) is 11.9. The van der Waals surface area contributed by atoms with Gasteiger partial charge < -0.3 is 9.84 Å². The van der Waals surface area contributed by atoms with Crippen LogP contribution in [0.4, 0.5) is 8.78 Å². The van der Waals surface area contributed by atoms with Crippen LogP contribution in [0.25, 0.3) is 11.1 Å². The number of benzene rings is 2. The van der Waals surface area contributed by atoms with Crippen LogP contribution in [0.3, 0.4) is 0 Å². The molecule has 3 rings (SSSR count). The summed E-state index contributed by atoms with van der Waals surface area (Å²) in [5.74, 6) is -1.98. The zero-order valence-electron chi connectivity index (χ0n) is 19.1. The number of carboxylic acids is 1. The summed E-state index contributed by atoms with van der Waals surface area (Å²) in [4.78, 5) is 11.8. The van der Waals surface area contributed by atoms with Crippen molar-refractivity contribution < 1.29 is 23.4 Å². The first-order valence-electron chi connectivity index (χ1n) is 11.9. The van der Waals surface area contributed by atoms with Gasteiger partial charge in [0.2, 0.25) is 0 Å². The van der Waals surface area contributed by atoms with Crippen molar-refractivity contribution in [3.05, 3.63) is 58.7 Å². The Morgan fingerprint density at radius 1 is 1.03 bits per heavy atom. The lowest BCUT2D eigenvalue weighted by Gasteiger charge is -2.29. The van der Waals surface area contributed by atoms with Crippen LogP contribution in [0, 0.1) is 17.6 Å². The van der Waals surface area contributed by atoms with Crippen LogP contribution in [0.2, 0.25) is 0 Å². The molecule has 0 aliphatic heterocycles. The number of hydrogen-bond acceptors (Lipinski definition) is 2. The van der Waals surface area contributed by atoms with Gasteiger partial charge in [0.1, 0.15) is 0 Å². The Bertz CT molecular complexity index is 917. The Morgan fingerprint density at radius 3 is 2.44 bits per heavy atom. The van der Waals surface area contributed by atoms with Gasteiger partial charge in [-0.25, -0.2) is 13.6 Å². The molecule has 0 unspecified atom stereocenters. The normalized spacial score (nSPS) is 18.6. The summed E-state index contributed by atoms with van der Waals surface area (Å²) in [5, 5.41) is 9.67. The minimum absolute atomic E-state index is 0.00135. The van der Waals surface area contributed by atoms with E-state index in [9.17, 15) is 14.3 Å². The molecule has 0 amide bonds. The van der Waals surface area contributed by atoms with Gasteiger partial charge in [0.15, 0.2) is 11.6 Å². The molecule has 32 heavy (non-hydrogen) atoms. The van der Waals surface area contributed by atoms with Gasteiger partial charge >= 0.3 is 5.97 Å². The van der Waals surface area contributed by atoms with Crippen LogP contribution in [-0.4, -0.2) is 24.3 Å². The van der Waals surface area contributed by atoms with Crippen molar-refractivity contribution >= 4 is 5.97 Å². The zero-order chi connectivity index (χ0) is 23.1. The minimum Gasteiger partial charge on any atom is -0.478 e. The van der Waals surface area contributed by atoms with E-state index in [1.54, 1.807) is 6.07 Å². The lowest BCUT2D eigenvalue weighted by atomic mass is 9.76. The first-order chi connectivity index (χ1) is 15.5. The predicted molar refractivity (Wildman–Crippen MR) is 123 cm³/mol. The fourth-order valence-electron chi connectivity index (χ4n) is 4.82. The van der Waals surface area contributed by atoms with Gasteiger partial charge in [-0.1, -0.05) is 44.4 Å². The van der Waals surface area contributed by atoms with Gasteiger partial charge in [-0.2, -0.15) is 0 Å². The molecule has 1 aliphatic carbocycles. The molecule has 5 heteroatoms. The number of ether oxygens (including phenoxy) is 1. The van der Waals surface area contributed by atoms with E-state index in [0.29, 0.717) is 19.1 Å². The van der Waals surface area contributed by atoms with E-state index in [4.69, 9.17) is 4.74 Å². The number of carbonyl (C=O) groups is 1. The maximum atomic E-state index is 15.0. The fraction of sp³-hybridized carbons (Fsp3) is 0.519. The Labute approximate surface area is 189 Å². The van der Waals surface area contributed by atoms with Crippen LogP contribution < -0.4 is 0 Å². The zero-order valence-corrected chi connectivity index (χ0v) is 19.1. The second kappa shape index (κ2) is 11.6. The molecular weight excluding hydrogens is 410 g/mol. The molecule has 174 valence electrons. The largest absolute Gasteiger partial charge is 0.478 e. The second-order valence-electron chi connectivity index (χ2n) is 8.82. The predicted octanol–water partition coefficient (Wildman–Crippen LogP) is 7.37. The summed E-state index contributed by atoms with van der Waals surface area (Å²) in [5.41, 5.74) is 1.48. The Hall–Kier alpha value is -2.27. The van der Waals surface area contributed by atoms with Crippen LogP contribution in [0.1, 0.15) is 86.2 Å². The van der Waals surface area contributed by atoms with E-state index < -0.39 is 17.6 Å². The smallest absolute Gasteiger partial charge is 0.336 e. The van der Waals surface area contributed by atoms with Crippen LogP contribution in [0.5, 0.6) is 0 Å². The maximum Gasteiger partial charge on any atom is 0.336 e. The molecule has 0 spiro atoms. The van der Waals surface area contributed by atoms with E-state index in [-0.39, 0.29) is 28.7 Å². The molecule has 0 bridgehead atoms. The highest BCUT2D eigenvalue weighted by atomic mass is 19.2. The van der Waals surface area contributed by atoms with Gasteiger partial charge in [0.05, 0.1) is 12.2 Å². The van der Waals surface area contributed by atoms with Crippen molar-refractivity contribution in [1.82, 2.24) is 0 Å². The lowest BCUT2D eigenvalue weighted by molar-refractivity contribution is 0.0697. The third kappa shape index (κ3) is 5.74. The molecule has 0 saturated heterocycles. The summed E-state index contributed by atoms with van der Waals surface area (Å²) in [7, 11) is 0. The molecule has 0 heterocycles. The Kier molecular flexibility index (Phi) is 8.80. The second-order valence-corrected chi connectivity index (χ2v) is 8.82. The topological polar surface area (TPSA) is 46.5 Å². The third-order valence-electron chi connectivity index (χ3n) is 6.73. The fourth-order valence-corrected chi connectivity index (χ4v) is 4.82. The summed E-state index contributed by atoms with van der Waals surface area (Å²) in [6.07, 6.45) is 8.44. The van der Waals surface area contributed by atoms with E-state index in [2.05, 4.69) is 6.92 Å². The van der Waals surface area contributed by atoms with Gasteiger partial charge in [-0.05, 0) is 79.7 Å². The van der Waals surface area contributed by atoms with Gasteiger partial charge in [-0.15, -0.1) is 0 Å². The van der Waals surface area contributed by atoms with Crippen molar-refractivity contribution in [3.8, 4) is 11.1 Å². The number of carboxylic acid groups (broad SMARTS) is 1. The summed E-state index contributed by atoms with van der Waals surface area (Å²) < 4.78 is 35.0. The van der Waals surface area contributed by atoms with Gasteiger partial charge in [0.25, 0.3) is 0 Å². The number of hydrogen-bond donors (Lipinski definition) is 1. The van der Waals surface area contributed by atoms with Gasteiger partial charge in [-0.3, -0.25) is 0 Å². The molecule has 0 atom stereocenters. The number of halogens is 2. The van der Waals surface area contributed by atoms with Crippen molar-refractivity contribution in [2.45, 2.75) is 71.1 Å². The highest BCUT2D eigenvalue weighted by molar-refractivity contribution is 5.96. The third-order valence-corrected chi connectivity index (χ3v) is 6.73. The monoisotopic (exact) mass is 444 g/mol. The van der Waals surface area contributed by atoms with Crippen LogP contribution >= 0.6 is 0 Å². The van der Waals surface area contributed by atoms with Crippen molar-refractivity contribution in [1.29, 1.82) is 0 Å². The van der Waals surface area contributed by atoms with Crippen LogP contribution in [-0.2, 0) is 11.2 Å². The minimum atomic E-state index is -1.14. The number of rotatable bonds is 10. The van der Waals surface area contributed by atoms with E-state index >= 15 is 4.39 Å². The van der Waals surface area contributed by atoms with Crippen LogP contribution in [0.15, 0.2) is 30.3 Å². The quantitative estimate of drug-likeness (QED) is 0.389.